The highest BCUT2D eigenvalue weighted by Crippen LogP contribution is 2.30. The molecule has 1 aliphatic rings. The van der Waals surface area contributed by atoms with E-state index in [1.165, 1.54) is 37.3 Å². The monoisotopic (exact) mass is 378 g/mol. The third kappa shape index (κ3) is 4.67. The third-order valence-electron chi connectivity index (χ3n) is 4.22. The molecule has 0 atom stereocenters. The molecule has 0 aliphatic heterocycles. The van der Waals surface area contributed by atoms with Gasteiger partial charge in [0.25, 0.3) is 0 Å². The molecule has 0 heterocycles. The van der Waals surface area contributed by atoms with E-state index in [1.54, 1.807) is 0 Å². The van der Waals surface area contributed by atoms with Crippen LogP contribution < -0.4 is 9.47 Å². The van der Waals surface area contributed by atoms with E-state index >= 15 is 0 Å². The minimum absolute atomic E-state index is 0.00208. The van der Waals surface area contributed by atoms with Crippen LogP contribution in [0.15, 0.2) is 36.4 Å². The lowest BCUT2D eigenvalue weighted by atomic mass is 9.99. The van der Waals surface area contributed by atoms with E-state index in [0.717, 1.165) is 18.9 Å². The molecule has 0 radical (unpaired) electrons. The molecule has 27 heavy (non-hydrogen) atoms. The van der Waals surface area contributed by atoms with Crippen LogP contribution >= 0.6 is 0 Å². The van der Waals surface area contributed by atoms with Crippen molar-refractivity contribution in [3.8, 4) is 11.5 Å². The Kier molecular flexibility index (Phi) is 5.48. The summed E-state index contributed by atoms with van der Waals surface area (Å²) in [4.78, 5) is 24.9. The Bertz CT molecular complexity index is 876. The predicted molar refractivity (Wildman–Crippen MR) is 91.1 cm³/mol. The Morgan fingerprint density at radius 1 is 1.04 bits per heavy atom. The van der Waals surface area contributed by atoms with Crippen molar-refractivity contribution in [2.75, 3.05) is 6.61 Å². The molecule has 1 fully saturated rings. The second kappa shape index (κ2) is 7.82. The largest absolute Gasteiger partial charge is 0.490 e. The van der Waals surface area contributed by atoms with E-state index in [-0.39, 0.29) is 22.6 Å². The molecule has 1 saturated carbocycles. The topological polar surface area (TPSA) is 52.6 Å². The molecule has 3 rings (SSSR count). The van der Waals surface area contributed by atoms with Gasteiger partial charge in [-0.25, -0.2) is 4.39 Å². The highest BCUT2D eigenvalue weighted by molar-refractivity contribution is 6.49. The number of ketones is 2. The Morgan fingerprint density at radius 3 is 2.26 bits per heavy atom. The zero-order valence-electron chi connectivity index (χ0n) is 14.5. The lowest BCUT2D eigenvalue weighted by molar-refractivity contribution is -0.0502. The summed E-state index contributed by atoms with van der Waals surface area (Å²) in [5.74, 6) is -2.02. The van der Waals surface area contributed by atoms with Gasteiger partial charge in [0.05, 0.1) is 6.61 Å². The molecule has 0 aromatic heterocycles. The SMILES string of the molecule is Cc1cc(C(=O)C(=O)c2ccc(F)c(OCC3CC3)c2)ccc1OC(F)F. The van der Waals surface area contributed by atoms with Crippen LogP contribution in [-0.4, -0.2) is 24.8 Å². The van der Waals surface area contributed by atoms with Crippen LogP contribution in [0, 0.1) is 18.7 Å². The van der Waals surface area contributed by atoms with Gasteiger partial charge in [0.15, 0.2) is 11.6 Å². The normalized spacial score (nSPS) is 13.5. The van der Waals surface area contributed by atoms with Crippen LogP contribution in [-0.2, 0) is 0 Å². The smallest absolute Gasteiger partial charge is 0.387 e. The predicted octanol–water partition coefficient (Wildman–Crippen LogP) is 4.59. The summed E-state index contributed by atoms with van der Waals surface area (Å²) in [7, 11) is 0. The number of halogens is 3. The first-order valence-corrected chi connectivity index (χ1v) is 8.42. The van der Waals surface area contributed by atoms with E-state index in [2.05, 4.69) is 4.74 Å². The van der Waals surface area contributed by atoms with E-state index < -0.39 is 24.0 Å². The number of hydrogen-bond acceptors (Lipinski definition) is 4. The Hall–Kier alpha value is -2.83. The number of benzene rings is 2. The number of carbonyl (C=O) groups is 2. The standard InChI is InChI=1S/C20H17F3O4/c1-11-8-13(5-7-16(11)27-20(22)23)18(24)19(25)14-4-6-15(21)17(9-14)26-10-12-2-3-12/h4-9,12,20H,2-3,10H2,1H3. The van der Waals surface area contributed by atoms with Gasteiger partial charge in [0.2, 0.25) is 11.6 Å². The Labute approximate surface area is 153 Å². The van der Waals surface area contributed by atoms with Gasteiger partial charge in [-0.1, -0.05) is 0 Å². The first-order chi connectivity index (χ1) is 12.8. The van der Waals surface area contributed by atoms with E-state index in [9.17, 15) is 22.8 Å². The molecule has 0 N–H and O–H groups in total. The minimum Gasteiger partial charge on any atom is -0.490 e. The van der Waals surface area contributed by atoms with Crippen molar-refractivity contribution < 1.29 is 32.2 Å². The number of Topliss-reactive ketones (excluding diaryl/α,β-unsaturated/α-hetero) is 2. The molecule has 142 valence electrons. The second-order valence-electron chi connectivity index (χ2n) is 6.42. The van der Waals surface area contributed by atoms with Crippen LogP contribution in [0.2, 0.25) is 0 Å². The van der Waals surface area contributed by atoms with Crippen LogP contribution in [0.5, 0.6) is 11.5 Å². The first kappa shape index (κ1) is 18.9. The van der Waals surface area contributed by atoms with Gasteiger partial charge in [0, 0.05) is 11.1 Å². The van der Waals surface area contributed by atoms with Gasteiger partial charge < -0.3 is 9.47 Å². The van der Waals surface area contributed by atoms with Crippen molar-refractivity contribution in [2.45, 2.75) is 26.4 Å². The second-order valence-corrected chi connectivity index (χ2v) is 6.42. The van der Waals surface area contributed by atoms with Crippen LogP contribution in [0.4, 0.5) is 13.2 Å². The molecular formula is C20H17F3O4. The maximum atomic E-state index is 13.8. The molecular weight excluding hydrogens is 361 g/mol. The number of aryl methyl sites for hydroxylation is 1. The average molecular weight is 378 g/mol. The highest BCUT2D eigenvalue weighted by Gasteiger charge is 2.24. The fourth-order valence-corrected chi connectivity index (χ4v) is 2.53. The molecule has 2 aromatic carbocycles. The molecule has 0 spiro atoms. The molecule has 0 unspecified atom stereocenters. The van der Waals surface area contributed by atoms with Gasteiger partial charge in [-0.3, -0.25) is 9.59 Å². The number of alkyl halides is 2. The van der Waals surface area contributed by atoms with Gasteiger partial charge >= 0.3 is 6.61 Å². The minimum atomic E-state index is -2.99. The third-order valence-corrected chi connectivity index (χ3v) is 4.22. The van der Waals surface area contributed by atoms with E-state index in [1.807, 2.05) is 0 Å². The lowest BCUT2D eigenvalue weighted by Crippen LogP contribution is -2.15. The number of rotatable bonds is 8. The van der Waals surface area contributed by atoms with Crippen molar-refractivity contribution in [1.82, 2.24) is 0 Å². The lowest BCUT2D eigenvalue weighted by Gasteiger charge is -2.10. The summed E-state index contributed by atoms with van der Waals surface area (Å²) in [5, 5.41) is 0. The summed E-state index contributed by atoms with van der Waals surface area (Å²) < 4.78 is 48.2. The maximum Gasteiger partial charge on any atom is 0.387 e. The summed E-state index contributed by atoms with van der Waals surface area (Å²) in [5.41, 5.74) is 0.322. The van der Waals surface area contributed by atoms with Crippen molar-refractivity contribution >= 4 is 11.6 Å². The summed E-state index contributed by atoms with van der Waals surface area (Å²) in [6.45, 7) is -1.13. The maximum absolute atomic E-state index is 13.8. The van der Waals surface area contributed by atoms with Gasteiger partial charge in [-0.15, -0.1) is 0 Å². The highest BCUT2D eigenvalue weighted by atomic mass is 19.3. The molecule has 7 heteroatoms. The number of hydrogen-bond donors (Lipinski definition) is 0. The zero-order chi connectivity index (χ0) is 19.6. The van der Waals surface area contributed by atoms with Crippen molar-refractivity contribution in [2.24, 2.45) is 5.92 Å². The summed E-state index contributed by atoms with van der Waals surface area (Å²) >= 11 is 0. The van der Waals surface area contributed by atoms with Gasteiger partial charge in [-0.05, 0) is 67.6 Å². The summed E-state index contributed by atoms with van der Waals surface area (Å²) in [6.07, 6.45) is 2.06. The van der Waals surface area contributed by atoms with Gasteiger partial charge in [-0.2, -0.15) is 8.78 Å². The molecule has 0 saturated heterocycles. The summed E-state index contributed by atoms with van der Waals surface area (Å²) in [6, 6.07) is 7.23. The quantitative estimate of drug-likeness (QED) is 0.498. The van der Waals surface area contributed by atoms with Crippen LogP contribution in [0.1, 0.15) is 39.1 Å². The first-order valence-electron chi connectivity index (χ1n) is 8.42. The molecule has 1 aliphatic carbocycles. The number of ether oxygens (including phenoxy) is 2. The van der Waals surface area contributed by atoms with Crippen molar-refractivity contribution in [1.29, 1.82) is 0 Å². The molecule has 2 aromatic rings. The van der Waals surface area contributed by atoms with E-state index in [4.69, 9.17) is 4.74 Å². The molecule has 0 amide bonds. The Morgan fingerprint density at radius 2 is 1.67 bits per heavy atom. The zero-order valence-corrected chi connectivity index (χ0v) is 14.5. The van der Waals surface area contributed by atoms with Crippen molar-refractivity contribution in [3.05, 3.63) is 58.9 Å². The van der Waals surface area contributed by atoms with Crippen LogP contribution in [0.25, 0.3) is 0 Å². The fraction of sp³-hybridized carbons (Fsp3) is 0.300. The average Bonchev–Trinajstić information content (AvgIpc) is 3.45. The van der Waals surface area contributed by atoms with Crippen LogP contribution in [0.3, 0.4) is 0 Å². The fourth-order valence-electron chi connectivity index (χ4n) is 2.53. The number of carbonyl (C=O) groups excluding carboxylic acids is 2. The van der Waals surface area contributed by atoms with Crippen molar-refractivity contribution in [3.63, 3.8) is 0 Å². The molecule has 0 bridgehead atoms. The van der Waals surface area contributed by atoms with Gasteiger partial charge in [0.1, 0.15) is 5.75 Å². The Balaban J connectivity index is 1.77. The van der Waals surface area contributed by atoms with E-state index in [0.29, 0.717) is 18.1 Å². The molecule has 4 nitrogen and oxygen atoms in total.